The number of rotatable bonds is 4. The number of thiophene rings is 1. The van der Waals surface area contributed by atoms with Gasteiger partial charge in [0.15, 0.2) is 11.4 Å². The van der Waals surface area contributed by atoms with Crippen molar-refractivity contribution < 1.29 is 35.3 Å². The number of fused-ring (bicyclic) bond motifs is 1. The van der Waals surface area contributed by atoms with Crippen molar-refractivity contribution in [2.24, 2.45) is 0 Å². The molecule has 2 rings (SSSR count). The molecule has 0 N–H and O–H groups in total. The first-order valence-electron chi connectivity index (χ1n) is 5.71. The first-order chi connectivity index (χ1) is 10.2. The molecule has 0 saturated heterocycles. The van der Waals surface area contributed by atoms with Crippen LogP contribution in [0.1, 0.15) is 17.4 Å². The molecule has 0 radical (unpaired) electrons. The third kappa shape index (κ3) is 2.99. The van der Waals surface area contributed by atoms with Gasteiger partial charge in [0.05, 0.1) is 11.3 Å². The highest BCUT2D eigenvalue weighted by Crippen LogP contribution is 2.36. The molecule has 11 heteroatoms. The summed E-state index contributed by atoms with van der Waals surface area (Å²) in [6, 6.07) is 1.50. The summed E-state index contributed by atoms with van der Waals surface area (Å²) in [6.45, 7) is 1.42. The van der Waals surface area contributed by atoms with Gasteiger partial charge < -0.3 is 8.92 Å². The molecule has 0 bridgehead atoms. The normalized spacial score (nSPS) is 12.4. The first-order valence-corrected chi connectivity index (χ1v) is 8.00. The molecule has 0 aliphatic carbocycles. The largest absolute Gasteiger partial charge is 0.534 e. The number of esters is 1. The quantitative estimate of drug-likeness (QED) is 0.476. The lowest BCUT2D eigenvalue weighted by Gasteiger charge is -2.12. The second kappa shape index (κ2) is 5.72. The van der Waals surface area contributed by atoms with E-state index in [-0.39, 0.29) is 11.3 Å². The van der Waals surface area contributed by atoms with E-state index >= 15 is 0 Å². The zero-order valence-corrected chi connectivity index (χ0v) is 12.5. The van der Waals surface area contributed by atoms with Gasteiger partial charge in [0.1, 0.15) is 0 Å². The number of hydrogen-bond acceptors (Lipinski definition) is 7. The van der Waals surface area contributed by atoms with E-state index in [0.717, 1.165) is 11.3 Å². The number of hydrogen-bond donors (Lipinski definition) is 0. The monoisotopic (exact) mass is 355 g/mol. The maximum Gasteiger partial charge on any atom is 0.534 e. The summed E-state index contributed by atoms with van der Waals surface area (Å²) >= 11 is 0.910. The van der Waals surface area contributed by atoms with Gasteiger partial charge in [-0.3, -0.25) is 0 Å². The zero-order valence-electron chi connectivity index (χ0n) is 10.9. The van der Waals surface area contributed by atoms with Gasteiger partial charge in [-0.05, 0) is 18.4 Å². The Bertz CT molecular complexity index is 813. The van der Waals surface area contributed by atoms with Crippen molar-refractivity contribution in [2.75, 3.05) is 6.61 Å². The molecule has 2 heterocycles. The lowest BCUT2D eigenvalue weighted by atomic mass is 10.2. The first kappa shape index (κ1) is 16.5. The van der Waals surface area contributed by atoms with Crippen molar-refractivity contribution in [3.05, 3.63) is 23.3 Å². The van der Waals surface area contributed by atoms with E-state index in [4.69, 9.17) is 0 Å². The number of carbonyl (C=O) groups is 1. The number of halogens is 3. The predicted octanol–water partition coefficient (Wildman–Crippen LogP) is 2.70. The third-order valence-corrected chi connectivity index (χ3v) is 4.28. The van der Waals surface area contributed by atoms with Crippen LogP contribution < -0.4 is 4.18 Å². The van der Waals surface area contributed by atoms with Gasteiger partial charge in [0.25, 0.3) is 0 Å². The van der Waals surface area contributed by atoms with Crippen LogP contribution >= 0.6 is 11.3 Å². The Morgan fingerprint density at radius 1 is 1.41 bits per heavy atom. The van der Waals surface area contributed by atoms with E-state index in [1.807, 2.05) is 0 Å². The minimum Gasteiger partial charge on any atom is -0.461 e. The topological polar surface area (TPSA) is 82.6 Å². The van der Waals surface area contributed by atoms with Crippen LogP contribution in [0.25, 0.3) is 10.1 Å². The fourth-order valence-corrected chi connectivity index (χ4v) is 2.87. The highest BCUT2D eigenvalue weighted by atomic mass is 32.2. The fourth-order valence-electron chi connectivity index (χ4n) is 1.48. The minimum atomic E-state index is -5.93. The molecule has 0 atom stereocenters. The average Bonchev–Trinajstić information content (AvgIpc) is 2.86. The van der Waals surface area contributed by atoms with Crippen molar-refractivity contribution in [3.63, 3.8) is 0 Å². The lowest BCUT2D eigenvalue weighted by molar-refractivity contribution is -0.0500. The van der Waals surface area contributed by atoms with Crippen LogP contribution in [0.15, 0.2) is 17.6 Å². The van der Waals surface area contributed by atoms with Crippen LogP contribution in [0.4, 0.5) is 13.2 Å². The molecule has 0 aliphatic rings. The van der Waals surface area contributed by atoms with Gasteiger partial charge in [-0.1, -0.05) is 0 Å². The molecule has 0 fully saturated rings. The molecule has 0 aliphatic heterocycles. The van der Waals surface area contributed by atoms with E-state index in [9.17, 15) is 26.4 Å². The van der Waals surface area contributed by atoms with E-state index < -0.39 is 33.0 Å². The molecule has 6 nitrogen and oxygen atoms in total. The van der Waals surface area contributed by atoms with Gasteiger partial charge >= 0.3 is 21.6 Å². The summed E-state index contributed by atoms with van der Waals surface area (Å²) in [5.74, 6) is -1.87. The second-order valence-electron chi connectivity index (χ2n) is 3.84. The molecule has 120 valence electrons. The maximum absolute atomic E-state index is 12.5. The Labute approximate surface area is 126 Å². The van der Waals surface area contributed by atoms with E-state index in [2.05, 4.69) is 13.9 Å². The second-order valence-corrected chi connectivity index (χ2v) is 6.30. The summed E-state index contributed by atoms with van der Waals surface area (Å²) in [5.41, 5.74) is -6.26. The minimum absolute atomic E-state index is 0.0471. The van der Waals surface area contributed by atoms with Gasteiger partial charge in [-0.2, -0.15) is 21.6 Å². The molecular formula is C11H8F3NO5S2. The number of aromatic nitrogens is 1. The molecule has 22 heavy (non-hydrogen) atoms. The number of nitrogens with zero attached hydrogens (tertiary/aromatic N) is 1. The number of alkyl halides is 3. The van der Waals surface area contributed by atoms with Gasteiger partial charge in [0, 0.05) is 11.6 Å². The molecule has 0 aromatic carbocycles. The van der Waals surface area contributed by atoms with Crippen molar-refractivity contribution in [3.8, 4) is 5.75 Å². The summed E-state index contributed by atoms with van der Waals surface area (Å²) < 4.78 is 68.7. The van der Waals surface area contributed by atoms with Crippen LogP contribution in [-0.2, 0) is 14.9 Å². The number of carbonyl (C=O) groups excluding carboxylic acids is 1. The highest BCUT2D eigenvalue weighted by molar-refractivity contribution is 7.88. The fraction of sp³-hybridized carbons (Fsp3) is 0.273. The van der Waals surface area contributed by atoms with Gasteiger partial charge in [-0.15, -0.1) is 11.3 Å². The molecule has 2 aromatic heterocycles. The Morgan fingerprint density at radius 3 is 2.68 bits per heavy atom. The smallest absolute Gasteiger partial charge is 0.461 e. The number of ether oxygens (including phenoxy) is 1. The summed E-state index contributed by atoms with van der Waals surface area (Å²) in [7, 11) is -5.93. The zero-order chi connectivity index (χ0) is 16.5. The Balaban J connectivity index is 2.61. The Hall–Kier alpha value is -1.88. The standard InChI is InChI=1S/C11H8F3NO5S2/c1-2-19-10(16)7-8(20-22(17,18)11(12,13)14)9-6(5-15-7)3-4-21-9/h3-5H,2H2,1H3. The molecule has 0 amide bonds. The maximum atomic E-state index is 12.5. The molecular weight excluding hydrogens is 347 g/mol. The lowest BCUT2D eigenvalue weighted by Crippen LogP contribution is -2.29. The van der Waals surface area contributed by atoms with Crippen LogP contribution in [0.5, 0.6) is 5.75 Å². The van der Waals surface area contributed by atoms with Crippen LogP contribution in [0, 0.1) is 0 Å². The van der Waals surface area contributed by atoms with Crippen LogP contribution in [0.3, 0.4) is 0 Å². The van der Waals surface area contributed by atoms with Crippen LogP contribution in [0.2, 0.25) is 0 Å². The van der Waals surface area contributed by atoms with Crippen molar-refractivity contribution in [1.29, 1.82) is 0 Å². The SMILES string of the molecule is CCOC(=O)c1ncc2ccsc2c1OS(=O)(=O)C(F)(F)F. The molecule has 2 aromatic rings. The van der Waals surface area contributed by atoms with Gasteiger partial charge in [0.2, 0.25) is 0 Å². The molecule has 0 unspecified atom stereocenters. The summed E-state index contributed by atoms with van der Waals surface area (Å²) in [4.78, 5) is 15.4. The Kier molecular flexibility index (Phi) is 4.29. The van der Waals surface area contributed by atoms with E-state index in [1.54, 1.807) is 0 Å². The van der Waals surface area contributed by atoms with E-state index in [0.29, 0.717) is 5.39 Å². The molecule has 0 saturated carbocycles. The van der Waals surface area contributed by atoms with Crippen molar-refractivity contribution >= 4 is 37.5 Å². The van der Waals surface area contributed by atoms with Crippen molar-refractivity contribution in [2.45, 2.75) is 12.4 Å². The predicted molar refractivity (Wildman–Crippen MR) is 71.2 cm³/mol. The highest BCUT2D eigenvalue weighted by Gasteiger charge is 2.49. The third-order valence-electron chi connectivity index (χ3n) is 2.40. The summed E-state index contributed by atoms with van der Waals surface area (Å²) in [5, 5.41) is 1.83. The summed E-state index contributed by atoms with van der Waals surface area (Å²) in [6.07, 6.45) is 1.21. The Morgan fingerprint density at radius 2 is 2.09 bits per heavy atom. The number of pyridine rings is 1. The van der Waals surface area contributed by atoms with E-state index in [1.165, 1.54) is 24.6 Å². The average molecular weight is 355 g/mol. The van der Waals surface area contributed by atoms with Gasteiger partial charge in [-0.25, -0.2) is 9.78 Å². The van der Waals surface area contributed by atoms with Crippen LogP contribution in [-0.4, -0.2) is 31.5 Å². The molecule has 0 spiro atoms. The van der Waals surface area contributed by atoms with Crippen molar-refractivity contribution in [1.82, 2.24) is 4.98 Å².